The van der Waals surface area contributed by atoms with Gasteiger partial charge in [-0.1, -0.05) is 0 Å². The van der Waals surface area contributed by atoms with Crippen molar-refractivity contribution in [3.63, 3.8) is 0 Å². The summed E-state index contributed by atoms with van der Waals surface area (Å²) in [5.74, 6) is -0.533. The second-order valence-corrected chi connectivity index (χ2v) is 6.07. The standard InChI is InChI=1S/C20H19N5O4/c1-3-29-20(28)16-11-23-25(18(16)21)17-9-6-14(10-22-17)19(27)24-15-7-4-13(5-8-15)12(2)26/h4-11H,3,21H2,1-2H3,(H,24,27). The third-order valence-corrected chi connectivity index (χ3v) is 4.08. The Morgan fingerprint density at radius 1 is 1.07 bits per heavy atom. The molecule has 3 rings (SSSR count). The van der Waals surface area contributed by atoms with Crippen molar-refractivity contribution < 1.29 is 19.1 Å². The van der Waals surface area contributed by atoms with Crippen molar-refractivity contribution >= 4 is 29.2 Å². The largest absolute Gasteiger partial charge is 0.462 e. The lowest BCUT2D eigenvalue weighted by Gasteiger charge is -2.07. The number of ketones is 1. The molecule has 0 aliphatic carbocycles. The second-order valence-electron chi connectivity index (χ2n) is 6.07. The maximum atomic E-state index is 12.4. The number of aromatic nitrogens is 3. The summed E-state index contributed by atoms with van der Waals surface area (Å²) in [7, 11) is 0. The minimum absolute atomic E-state index is 0.0494. The van der Waals surface area contributed by atoms with E-state index in [-0.39, 0.29) is 29.7 Å². The Balaban J connectivity index is 1.74. The molecule has 1 amide bonds. The summed E-state index contributed by atoms with van der Waals surface area (Å²) in [5.41, 5.74) is 7.54. The van der Waals surface area contributed by atoms with E-state index in [4.69, 9.17) is 10.5 Å². The molecule has 0 saturated heterocycles. The lowest BCUT2D eigenvalue weighted by molar-refractivity contribution is 0.0527. The second kappa shape index (κ2) is 8.34. The summed E-state index contributed by atoms with van der Waals surface area (Å²) in [5, 5.41) is 6.78. The summed E-state index contributed by atoms with van der Waals surface area (Å²) in [6.45, 7) is 3.40. The number of nitrogens with zero attached hydrogens (tertiary/aromatic N) is 3. The van der Waals surface area contributed by atoms with E-state index in [1.165, 1.54) is 24.0 Å². The summed E-state index contributed by atoms with van der Waals surface area (Å²) in [6.07, 6.45) is 2.68. The van der Waals surface area contributed by atoms with Gasteiger partial charge in [0.25, 0.3) is 5.91 Å². The van der Waals surface area contributed by atoms with Gasteiger partial charge in [-0.2, -0.15) is 9.78 Å². The van der Waals surface area contributed by atoms with Crippen LogP contribution < -0.4 is 11.1 Å². The first-order chi connectivity index (χ1) is 13.9. The molecule has 1 aromatic carbocycles. The quantitative estimate of drug-likeness (QED) is 0.486. The molecule has 29 heavy (non-hydrogen) atoms. The third kappa shape index (κ3) is 4.29. The minimum atomic E-state index is -0.567. The number of hydrogen-bond acceptors (Lipinski definition) is 7. The fourth-order valence-electron chi connectivity index (χ4n) is 2.54. The van der Waals surface area contributed by atoms with E-state index in [0.29, 0.717) is 22.6 Å². The van der Waals surface area contributed by atoms with Crippen molar-refractivity contribution in [2.45, 2.75) is 13.8 Å². The van der Waals surface area contributed by atoms with E-state index in [1.807, 2.05) is 0 Å². The van der Waals surface area contributed by atoms with E-state index >= 15 is 0 Å². The Hall–Kier alpha value is -4.01. The Morgan fingerprint density at radius 2 is 1.76 bits per heavy atom. The highest BCUT2D eigenvalue weighted by molar-refractivity contribution is 6.04. The van der Waals surface area contributed by atoms with Gasteiger partial charge in [-0.15, -0.1) is 0 Å². The number of nitrogens with one attached hydrogen (secondary N) is 1. The van der Waals surface area contributed by atoms with Gasteiger partial charge in [0.1, 0.15) is 11.4 Å². The number of carbonyl (C=O) groups excluding carboxylic acids is 3. The molecule has 0 spiro atoms. The smallest absolute Gasteiger partial charge is 0.343 e. The molecule has 0 aliphatic rings. The molecule has 9 heteroatoms. The average molecular weight is 393 g/mol. The molecule has 0 aliphatic heterocycles. The van der Waals surface area contributed by atoms with Crippen LogP contribution in [0.25, 0.3) is 5.82 Å². The van der Waals surface area contributed by atoms with Gasteiger partial charge in [0.15, 0.2) is 11.6 Å². The van der Waals surface area contributed by atoms with Gasteiger partial charge in [-0.3, -0.25) is 9.59 Å². The molecule has 9 nitrogen and oxygen atoms in total. The van der Waals surface area contributed by atoms with Gasteiger partial charge in [-0.25, -0.2) is 9.78 Å². The molecule has 0 atom stereocenters. The zero-order valence-electron chi connectivity index (χ0n) is 15.9. The number of hydrogen-bond donors (Lipinski definition) is 2. The van der Waals surface area contributed by atoms with Crippen LogP contribution in [0, 0.1) is 0 Å². The lowest BCUT2D eigenvalue weighted by Crippen LogP contribution is -2.13. The van der Waals surface area contributed by atoms with Crippen LogP contribution in [0.2, 0.25) is 0 Å². The molecular formula is C20H19N5O4. The summed E-state index contributed by atoms with van der Waals surface area (Å²) >= 11 is 0. The van der Waals surface area contributed by atoms with Crippen molar-refractivity contribution in [1.29, 1.82) is 0 Å². The number of amides is 1. The fraction of sp³-hybridized carbons (Fsp3) is 0.150. The fourth-order valence-corrected chi connectivity index (χ4v) is 2.54. The van der Waals surface area contributed by atoms with E-state index in [1.54, 1.807) is 43.3 Å². The van der Waals surface area contributed by atoms with Gasteiger partial charge >= 0.3 is 5.97 Å². The van der Waals surface area contributed by atoms with Crippen LogP contribution in [-0.4, -0.2) is 39.0 Å². The van der Waals surface area contributed by atoms with Crippen molar-refractivity contribution in [3.05, 3.63) is 65.5 Å². The zero-order chi connectivity index (χ0) is 21.0. The number of nitrogens with two attached hydrogens (primary N) is 1. The monoisotopic (exact) mass is 393 g/mol. The predicted molar refractivity (Wildman–Crippen MR) is 106 cm³/mol. The maximum Gasteiger partial charge on any atom is 0.343 e. The van der Waals surface area contributed by atoms with Crippen LogP contribution in [0.1, 0.15) is 44.9 Å². The van der Waals surface area contributed by atoms with Crippen LogP contribution in [0.15, 0.2) is 48.8 Å². The highest BCUT2D eigenvalue weighted by atomic mass is 16.5. The third-order valence-electron chi connectivity index (χ3n) is 4.08. The predicted octanol–water partition coefficient (Wildman–Crippen LogP) is 2.48. The van der Waals surface area contributed by atoms with Gasteiger partial charge in [0, 0.05) is 17.4 Å². The Bertz CT molecular complexity index is 1060. The van der Waals surface area contributed by atoms with E-state index in [2.05, 4.69) is 15.4 Å². The van der Waals surface area contributed by atoms with Crippen molar-refractivity contribution in [1.82, 2.24) is 14.8 Å². The van der Waals surface area contributed by atoms with Gasteiger partial charge in [-0.05, 0) is 50.2 Å². The van der Waals surface area contributed by atoms with Gasteiger partial charge in [0.05, 0.1) is 18.4 Å². The van der Waals surface area contributed by atoms with Crippen molar-refractivity contribution in [2.75, 3.05) is 17.7 Å². The molecule has 2 aromatic heterocycles. The topological polar surface area (TPSA) is 129 Å². The molecule has 0 bridgehead atoms. The number of carbonyl (C=O) groups is 3. The van der Waals surface area contributed by atoms with E-state index in [9.17, 15) is 14.4 Å². The SMILES string of the molecule is CCOC(=O)c1cnn(-c2ccc(C(=O)Nc3ccc(C(C)=O)cc3)cn2)c1N. The molecular weight excluding hydrogens is 374 g/mol. The van der Waals surface area contributed by atoms with Crippen LogP contribution in [0.3, 0.4) is 0 Å². The molecule has 0 fully saturated rings. The number of nitrogen functional groups attached to an aromatic ring is 1. The van der Waals surface area contributed by atoms with Crippen molar-refractivity contribution in [2.24, 2.45) is 0 Å². The van der Waals surface area contributed by atoms with Crippen LogP contribution in [0.5, 0.6) is 0 Å². The molecule has 0 saturated carbocycles. The van der Waals surface area contributed by atoms with Crippen LogP contribution in [0.4, 0.5) is 11.5 Å². The number of anilines is 2. The first kappa shape index (κ1) is 19.7. The van der Waals surface area contributed by atoms with E-state index in [0.717, 1.165) is 0 Å². The van der Waals surface area contributed by atoms with Crippen molar-refractivity contribution in [3.8, 4) is 5.82 Å². The van der Waals surface area contributed by atoms with Gasteiger partial charge in [0.2, 0.25) is 0 Å². The number of pyridine rings is 1. The summed E-state index contributed by atoms with van der Waals surface area (Å²) < 4.78 is 6.21. The first-order valence-corrected chi connectivity index (χ1v) is 8.80. The number of ether oxygens (including phenoxy) is 1. The molecule has 3 aromatic rings. The number of rotatable bonds is 6. The molecule has 3 N–H and O–H groups in total. The Kier molecular flexibility index (Phi) is 5.68. The Labute approximate surface area is 166 Å². The average Bonchev–Trinajstić information content (AvgIpc) is 3.10. The van der Waals surface area contributed by atoms with E-state index < -0.39 is 5.97 Å². The maximum absolute atomic E-state index is 12.4. The number of Topliss-reactive ketones (excluding diaryl/α,β-unsaturated/α-hetero) is 1. The summed E-state index contributed by atoms with van der Waals surface area (Å²) in [6, 6.07) is 9.70. The highest BCUT2D eigenvalue weighted by Crippen LogP contribution is 2.17. The first-order valence-electron chi connectivity index (χ1n) is 8.80. The zero-order valence-corrected chi connectivity index (χ0v) is 15.9. The highest BCUT2D eigenvalue weighted by Gasteiger charge is 2.18. The lowest BCUT2D eigenvalue weighted by atomic mass is 10.1. The minimum Gasteiger partial charge on any atom is -0.462 e. The van der Waals surface area contributed by atoms with Crippen LogP contribution >= 0.6 is 0 Å². The van der Waals surface area contributed by atoms with Gasteiger partial charge < -0.3 is 15.8 Å². The van der Waals surface area contributed by atoms with Crippen LogP contribution in [-0.2, 0) is 4.74 Å². The molecule has 0 radical (unpaired) electrons. The summed E-state index contributed by atoms with van der Waals surface area (Å²) in [4.78, 5) is 39.7. The molecule has 2 heterocycles. The number of benzene rings is 1. The molecule has 0 unspecified atom stereocenters. The number of esters is 1. The Morgan fingerprint density at radius 3 is 2.34 bits per heavy atom. The molecule has 148 valence electrons. The normalized spacial score (nSPS) is 10.4.